The Bertz CT molecular complexity index is 472. The van der Waals surface area contributed by atoms with Crippen LogP contribution in [0, 0.1) is 17.2 Å². The third-order valence-electron chi connectivity index (χ3n) is 4.05. The van der Waals surface area contributed by atoms with Crippen LogP contribution in [-0.2, 0) is 0 Å². The van der Waals surface area contributed by atoms with Crippen molar-refractivity contribution in [3.63, 3.8) is 0 Å². The zero-order valence-electron chi connectivity index (χ0n) is 13.2. The predicted molar refractivity (Wildman–Crippen MR) is 85.3 cm³/mol. The fourth-order valence-corrected chi connectivity index (χ4v) is 3.10. The van der Waals surface area contributed by atoms with Gasteiger partial charge in [-0.2, -0.15) is 5.26 Å². The minimum Gasteiger partial charge on any atom is -0.492 e. The SMILES string of the molecule is CC(C)CN(CCOc1cccc(C#N)c1)C1CCCC1. The lowest BCUT2D eigenvalue weighted by Gasteiger charge is -2.30. The van der Waals surface area contributed by atoms with Gasteiger partial charge >= 0.3 is 0 Å². The quantitative estimate of drug-likeness (QED) is 0.764. The molecule has 3 nitrogen and oxygen atoms in total. The van der Waals surface area contributed by atoms with Gasteiger partial charge in [0.05, 0.1) is 11.6 Å². The molecule has 0 N–H and O–H groups in total. The zero-order valence-corrected chi connectivity index (χ0v) is 13.2. The van der Waals surface area contributed by atoms with Crippen LogP contribution in [0.4, 0.5) is 0 Å². The zero-order chi connectivity index (χ0) is 15.1. The van der Waals surface area contributed by atoms with Crippen molar-refractivity contribution in [2.75, 3.05) is 19.7 Å². The summed E-state index contributed by atoms with van der Waals surface area (Å²) >= 11 is 0. The standard InChI is InChI=1S/C18H26N2O/c1-15(2)14-20(17-7-3-4-8-17)10-11-21-18-9-5-6-16(12-18)13-19/h5-6,9,12,15,17H,3-4,7-8,10-11,14H2,1-2H3. The lowest BCUT2D eigenvalue weighted by Crippen LogP contribution is -2.39. The van der Waals surface area contributed by atoms with Crippen molar-refractivity contribution in [2.24, 2.45) is 5.92 Å². The molecule has 0 aromatic heterocycles. The molecule has 1 aromatic rings. The monoisotopic (exact) mass is 286 g/mol. The summed E-state index contributed by atoms with van der Waals surface area (Å²) in [6.45, 7) is 7.36. The number of rotatable bonds is 7. The first kappa shape index (κ1) is 15.9. The van der Waals surface area contributed by atoms with Gasteiger partial charge in [0.2, 0.25) is 0 Å². The molecule has 0 radical (unpaired) electrons. The van der Waals surface area contributed by atoms with Gasteiger partial charge in [-0.15, -0.1) is 0 Å². The van der Waals surface area contributed by atoms with Crippen molar-refractivity contribution >= 4 is 0 Å². The maximum atomic E-state index is 8.90. The van der Waals surface area contributed by atoms with Crippen LogP contribution >= 0.6 is 0 Å². The molecule has 114 valence electrons. The van der Waals surface area contributed by atoms with Crippen LogP contribution in [0.5, 0.6) is 5.75 Å². The minimum absolute atomic E-state index is 0.655. The molecule has 21 heavy (non-hydrogen) atoms. The minimum atomic E-state index is 0.655. The van der Waals surface area contributed by atoms with E-state index in [1.807, 2.05) is 18.2 Å². The summed E-state index contributed by atoms with van der Waals surface area (Å²) in [6, 6.07) is 10.3. The molecule has 0 unspecified atom stereocenters. The highest BCUT2D eigenvalue weighted by molar-refractivity contribution is 5.36. The fourth-order valence-electron chi connectivity index (χ4n) is 3.10. The molecule has 0 heterocycles. The van der Waals surface area contributed by atoms with E-state index >= 15 is 0 Å². The van der Waals surface area contributed by atoms with E-state index < -0.39 is 0 Å². The van der Waals surface area contributed by atoms with Crippen molar-refractivity contribution in [3.8, 4) is 11.8 Å². The Labute approximate surface area is 128 Å². The molecule has 0 saturated heterocycles. The summed E-state index contributed by atoms with van der Waals surface area (Å²) in [5, 5.41) is 8.90. The van der Waals surface area contributed by atoms with Crippen LogP contribution in [0.2, 0.25) is 0 Å². The van der Waals surface area contributed by atoms with Crippen molar-refractivity contribution in [1.29, 1.82) is 5.26 Å². The molecule has 0 spiro atoms. The molecular weight excluding hydrogens is 260 g/mol. The molecule has 0 amide bonds. The lowest BCUT2D eigenvalue weighted by molar-refractivity contribution is 0.145. The third-order valence-corrected chi connectivity index (χ3v) is 4.05. The second-order valence-electron chi connectivity index (χ2n) is 6.32. The fraction of sp³-hybridized carbons (Fsp3) is 0.611. The van der Waals surface area contributed by atoms with Gasteiger partial charge in [0, 0.05) is 19.1 Å². The maximum absolute atomic E-state index is 8.90. The van der Waals surface area contributed by atoms with E-state index in [1.165, 1.54) is 25.7 Å². The van der Waals surface area contributed by atoms with Crippen molar-refractivity contribution < 1.29 is 4.74 Å². The van der Waals surface area contributed by atoms with Gasteiger partial charge in [-0.25, -0.2) is 0 Å². The highest BCUT2D eigenvalue weighted by atomic mass is 16.5. The molecule has 0 atom stereocenters. The Kier molecular flexibility index (Phi) is 6.07. The predicted octanol–water partition coefficient (Wildman–Crippen LogP) is 3.84. The van der Waals surface area contributed by atoms with Crippen LogP contribution in [-0.4, -0.2) is 30.6 Å². The van der Waals surface area contributed by atoms with Crippen molar-refractivity contribution in [1.82, 2.24) is 4.90 Å². The number of hydrogen-bond acceptors (Lipinski definition) is 3. The van der Waals surface area contributed by atoms with E-state index in [9.17, 15) is 0 Å². The number of benzene rings is 1. The Morgan fingerprint density at radius 3 is 2.76 bits per heavy atom. The second kappa shape index (κ2) is 8.05. The van der Waals surface area contributed by atoms with Crippen LogP contribution in [0.3, 0.4) is 0 Å². The van der Waals surface area contributed by atoms with E-state index in [0.29, 0.717) is 18.1 Å². The van der Waals surface area contributed by atoms with E-state index in [4.69, 9.17) is 10.00 Å². The van der Waals surface area contributed by atoms with Crippen LogP contribution < -0.4 is 4.74 Å². The normalized spacial score (nSPS) is 15.6. The number of nitrogens with zero attached hydrogens (tertiary/aromatic N) is 2. The average molecular weight is 286 g/mol. The summed E-state index contributed by atoms with van der Waals surface area (Å²) in [6.07, 6.45) is 5.39. The van der Waals surface area contributed by atoms with Gasteiger partial charge in [0.25, 0.3) is 0 Å². The Hall–Kier alpha value is -1.53. The molecule has 3 heteroatoms. The van der Waals surface area contributed by atoms with E-state index in [-0.39, 0.29) is 0 Å². The van der Waals surface area contributed by atoms with E-state index in [1.54, 1.807) is 6.07 Å². The summed E-state index contributed by atoms with van der Waals surface area (Å²) in [4.78, 5) is 2.59. The highest BCUT2D eigenvalue weighted by Crippen LogP contribution is 2.24. The van der Waals surface area contributed by atoms with E-state index in [2.05, 4.69) is 24.8 Å². The molecule has 2 rings (SSSR count). The summed E-state index contributed by atoms with van der Waals surface area (Å²) < 4.78 is 5.83. The van der Waals surface area contributed by atoms with Gasteiger partial charge < -0.3 is 4.74 Å². The third kappa shape index (κ3) is 5.06. The Morgan fingerprint density at radius 2 is 2.10 bits per heavy atom. The molecular formula is C18H26N2O. The molecule has 0 aliphatic heterocycles. The van der Waals surface area contributed by atoms with Gasteiger partial charge in [0.1, 0.15) is 12.4 Å². The Balaban J connectivity index is 1.84. The van der Waals surface area contributed by atoms with Crippen LogP contribution in [0.15, 0.2) is 24.3 Å². The maximum Gasteiger partial charge on any atom is 0.120 e. The first-order valence-corrected chi connectivity index (χ1v) is 8.06. The van der Waals surface area contributed by atoms with Crippen LogP contribution in [0.1, 0.15) is 45.1 Å². The first-order chi connectivity index (χ1) is 10.2. The van der Waals surface area contributed by atoms with Gasteiger partial charge in [-0.1, -0.05) is 32.8 Å². The number of ether oxygens (including phenoxy) is 1. The summed E-state index contributed by atoms with van der Waals surface area (Å²) in [5.74, 6) is 1.48. The lowest BCUT2D eigenvalue weighted by atomic mass is 10.1. The molecule has 1 aromatic carbocycles. The van der Waals surface area contributed by atoms with Gasteiger partial charge in [-0.05, 0) is 37.0 Å². The van der Waals surface area contributed by atoms with E-state index in [0.717, 1.165) is 24.9 Å². The summed E-state index contributed by atoms with van der Waals surface area (Å²) in [5.41, 5.74) is 0.655. The number of nitriles is 1. The molecule has 1 aliphatic carbocycles. The highest BCUT2D eigenvalue weighted by Gasteiger charge is 2.22. The van der Waals surface area contributed by atoms with Crippen LogP contribution in [0.25, 0.3) is 0 Å². The molecule has 1 aliphatic rings. The first-order valence-electron chi connectivity index (χ1n) is 8.06. The average Bonchev–Trinajstić information content (AvgIpc) is 3.00. The van der Waals surface area contributed by atoms with Gasteiger partial charge in [-0.3, -0.25) is 4.90 Å². The number of hydrogen-bond donors (Lipinski definition) is 0. The van der Waals surface area contributed by atoms with Crippen molar-refractivity contribution in [3.05, 3.63) is 29.8 Å². The summed E-state index contributed by atoms with van der Waals surface area (Å²) in [7, 11) is 0. The molecule has 1 fully saturated rings. The smallest absolute Gasteiger partial charge is 0.120 e. The second-order valence-corrected chi connectivity index (χ2v) is 6.32. The molecule has 1 saturated carbocycles. The van der Waals surface area contributed by atoms with Crippen molar-refractivity contribution in [2.45, 2.75) is 45.6 Å². The molecule has 0 bridgehead atoms. The Morgan fingerprint density at radius 1 is 1.33 bits per heavy atom. The topological polar surface area (TPSA) is 36.3 Å². The van der Waals surface area contributed by atoms with Gasteiger partial charge in [0.15, 0.2) is 0 Å². The largest absolute Gasteiger partial charge is 0.492 e.